The van der Waals surface area contributed by atoms with E-state index in [1.807, 2.05) is 6.26 Å². The number of aromatic nitrogens is 2. The highest BCUT2D eigenvalue weighted by Gasteiger charge is 2.36. The average Bonchev–Trinajstić information content (AvgIpc) is 3.07. The molecule has 3 aromatic rings. The summed E-state index contributed by atoms with van der Waals surface area (Å²) < 4.78 is 40.3. The number of carbonyl (C=O) groups excluding carboxylic acids is 1. The molecule has 28 heavy (non-hydrogen) atoms. The molecule has 0 saturated carbocycles. The molecule has 0 radical (unpaired) electrons. The standard InChI is InChI=1S/C17H14F3N3O2S3/c1-3-27-14-12(13(24)21-9-6-4-5-7-10(9)26-2)15(25)23-11(17(18,19)20)8-28-16(23)22-14/h4-8H,3H2,1-2H3,(H,21,24). The minimum atomic E-state index is -4.73. The maximum Gasteiger partial charge on any atom is 0.432 e. The van der Waals surface area contributed by atoms with Crippen molar-refractivity contribution in [2.75, 3.05) is 17.3 Å². The lowest BCUT2D eigenvalue weighted by atomic mass is 10.2. The second-order valence-corrected chi connectivity index (χ2v) is 8.36. The number of thioether (sulfide) groups is 2. The monoisotopic (exact) mass is 445 g/mol. The van der Waals surface area contributed by atoms with Gasteiger partial charge in [-0.25, -0.2) is 9.38 Å². The van der Waals surface area contributed by atoms with Crippen LogP contribution in [-0.4, -0.2) is 27.3 Å². The number of halogens is 3. The maximum atomic E-state index is 13.3. The SMILES string of the molecule is CCSc1nc2scc(C(F)(F)F)n2c(=O)c1C(=O)Nc1ccccc1SC. The zero-order chi connectivity index (χ0) is 20.5. The van der Waals surface area contributed by atoms with Crippen molar-refractivity contribution in [3.05, 3.63) is 51.3 Å². The Morgan fingerprint density at radius 3 is 2.68 bits per heavy atom. The molecule has 0 aliphatic heterocycles. The van der Waals surface area contributed by atoms with E-state index in [1.165, 1.54) is 11.8 Å². The molecule has 0 atom stereocenters. The van der Waals surface area contributed by atoms with Crippen molar-refractivity contribution < 1.29 is 18.0 Å². The van der Waals surface area contributed by atoms with Crippen LogP contribution in [-0.2, 0) is 6.18 Å². The Hall–Kier alpha value is -1.98. The molecule has 1 amide bonds. The minimum absolute atomic E-state index is 0.102. The van der Waals surface area contributed by atoms with Gasteiger partial charge in [-0.15, -0.1) is 34.9 Å². The fourth-order valence-electron chi connectivity index (χ4n) is 2.50. The molecule has 3 rings (SSSR count). The molecule has 2 heterocycles. The number of fused-ring (bicyclic) bond motifs is 1. The highest BCUT2D eigenvalue weighted by atomic mass is 32.2. The minimum Gasteiger partial charge on any atom is -0.321 e. The van der Waals surface area contributed by atoms with E-state index in [0.717, 1.165) is 22.0 Å². The summed E-state index contributed by atoms with van der Waals surface area (Å²) in [5.41, 5.74) is -2.10. The zero-order valence-corrected chi connectivity index (χ0v) is 17.1. The van der Waals surface area contributed by atoms with Crippen molar-refractivity contribution >= 4 is 51.4 Å². The second-order valence-electron chi connectivity index (χ2n) is 5.42. The van der Waals surface area contributed by atoms with Gasteiger partial charge in [0.1, 0.15) is 16.3 Å². The number of rotatable bonds is 5. The van der Waals surface area contributed by atoms with E-state index in [1.54, 1.807) is 31.2 Å². The molecular weight excluding hydrogens is 431 g/mol. The topological polar surface area (TPSA) is 63.5 Å². The molecule has 5 nitrogen and oxygen atoms in total. The molecular formula is C17H14F3N3O2S3. The third-order valence-electron chi connectivity index (χ3n) is 3.69. The molecule has 0 saturated heterocycles. The number of amides is 1. The van der Waals surface area contributed by atoms with Crippen LogP contribution in [0.25, 0.3) is 4.96 Å². The van der Waals surface area contributed by atoms with Gasteiger partial charge in [-0.1, -0.05) is 19.1 Å². The van der Waals surface area contributed by atoms with Crippen molar-refractivity contribution in [3.8, 4) is 0 Å². The fourth-order valence-corrected chi connectivity index (χ4v) is 4.74. The molecule has 1 aromatic carbocycles. The molecule has 0 bridgehead atoms. The number of hydrogen-bond acceptors (Lipinski definition) is 6. The summed E-state index contributed by atoms with van der Waals surface area (Å²) in [5.74, 6) is -0.286. The van der Waals surface area contributed by atoms with E-state index in [-0.39, 0.29) is 9.99 Å². The summed E-state index contributed by atoms with van der Waals surface area (Å²) in [6.45, 7) is 1.80. The van der Waals surface area contributed by atoms with Gasteiger partial charge < -0.3 is 5.32 Å². The normalized spacial score (nSPS) is 11.8. The van der Waals surface area contributed by atoms with Gasteiger partial charge in [0.05, 0.1) is 5.69 Å². The Morgan fingerprint density at radius 1 is 1.32 bits per heavy atom. The summed E-state index contributed by atoms with van der Waals surface area (Å²) in [5, 5.41) is 3.57. The van der Waals surface area contributed by atoms with E-state index in [2.05, 4.69) is 10.3 Å². The van der Waals surface area contributed by atoms with Crippen LogP contribution in [0.4, 0.5) is 18.9 Å². The first kappa shape index (κ1) is 20.7. The van der Waals surface area contributed by atoms with Gasteiger partial charge in [0.2, 0.25) is 0 Å². The molecule has 148 valence electrons. The van der Waals surface area contributed by atoms with Crippen LogP contribution < -0.4 is 10.9 Å². The van der Waals surface area contributed by atoms with Crippen molar-refractivity contribution in [2.45, 2.75) is 23.0 Å². The van der Waals surface area contributed by atoms with E-state index >= 15 is 0 Å². The Balaban J connectivity index is 2.17. The van der Waals surface area contributed by atoms with Crippen molar-refractivity contribution in [1.29, 1.82) is 0 Å². The third-order valence-corrected chi connectivity index (χ3v) is 6.17. The number of carbonyl (C=O) groups is 1. The van der Waals surface area contributed by atoms with Crippen LogP contribution in [0.3, 0.4) is 0 Å². The van der Waals surface area contributed by atoms with Gasteiger partial charge in [0.25, 0.3) is 11.5 Å². The van der Waals surface area contributed by atoms with Gasteiger partial charge in [-0.3, -0.25) is 9.59 Å². The predicted octanol–water partition coefficient (Wildman–Crippen LogP) is 4.86. The molecule has 0 aliphatic rings. The Bertz CT molecular complexity index is 1090. The Labute approximate surface area is 170 Å². The summed E-state index contributed by atoms with van der Waals surface area (Å²) in [6.07, 6.45) is -2.91. The molecule has 0 spiro atoms. The largest absolute Gasteiger partial charge is 0.432 e. The van der Waals surface area contributed by atoms with Gasteiger partial charge in [-0.2, -0.15) is 13.2 Å². The van der Waals surface area contributed by atoms with Crippen molar-refractivity contribution in [2.24, 2.45) is 0 Å². The van der Waals surface area contributed by atoms with Crippen molar-refractivity contribution in [3.63, 3.8) is 0 Å². The van der Waals surface area contributed by atoms with E-state index in [4.69, 9.17) is 0 Å². The molecule has 1 N–H and O–H groups in total. The first-order chi connectivity index (χ1) is 13.3. The van der Waals surface area contributed by atoms with Gasteiger partial charge in [0, 0.05) is 10.3 Å². The van der Waals surface area contributed by atoms with Crippen LogP contribution in [0, 0.1) is 0 Å². The predicted molar refractivity (Wildman–Crippen MR) is 107 cm³/mol. The van der Waals surface area contributed by atoms with Crippen molar-refractivity contribution in [1.82, 2.24) is 9.38 Å². The number of para-hydroxylation sites is 1. The number of nitrogens with zero attached hydrogens (tertiary/aromatic N) is 2. The molecule has 0 unspecified atom stereocenters. The summed E-state index contributed by atoms with van der Waals surface area (Å²) in [4.78, 5) is 30.6. The highest BCUT2D eigenvalue weighted by molar-refractivity contribution is 7.99. The number of alkyl halides is 3. The van der Waals surface area contributed by atoms with Crippen LogP contribution in [0.2, 0.25) is 0 Å². The number of thiazole rings is 1. The Kier molecular flexibility index (Phi) is 6.06. The van der Waals surface area contributed by atoms with E-state index in [9.17, 15) is 22.8 Å². The van der Waals surface area contributed by atoms with Crippen LogP contribution in [0.5, 0.6) is 0 Å². The van der Waals surface area contributed by atoms with Crippen LogP contribution in [0.15, 0.2) is 44.4 Å². The zero-order valence-electron chi connectivity index (χ0n) is 14.7. The maximum absolute atomic E-state index is 13.3. The van der Waals surface area contributed by atoms with Gasteiger partial charge >= 0.3 is 6.18 Å². The first-order valence-electron chi connectivity index (χ1n) is 7.96. The summed E-state index contributed by atoms with van der Waals surface area (Å²) >= 11 is 3.24. The lowest BCUT2D eigenvalue weighted by molar-refractivity contribution is -0.141. The van der Waals surface area contributed by atoms with Gasteiger partial charge in [0.15, 0.2) is 4.96 Å². The average molecular weight is 446 g/mol. The molecule has 0 aliphatic carbocycles. The van der Waals surface area contributed by atoms with Gasteiger partial charge in [-0.05, 0) is 24.1 Å². The number of benzene rings is 1. The number of hydrogen-bond donors (Lipinski definition) is 1. The third kappa shape index (κ3) is 3.91. The quantitative estimate of drug-likeness (QED) is 0.449. The van der Waals surface area contributed by atoms with E-state index < -0.39 is 28.9 Å². The highest BCUT2D eigenvalue weighted by Crippen LogP contribution is 2.33. The number of nitrogens with one attached hydrogen (secondary N) is 1. The second kappa shape index (κ2) is 8.18. The number of anilines is 1. The lowest BCUT2D eigenvalue weighted by Crippen LogP contribution is -2.30. The molecule has 0 fully saturated rings. The summed E-state index contributed by atoms with van der Waals surface area (Å²) in [6, 6.07) is 6.96. The van der Waals surface area contributed by atoms with E-state index in [0.29, 0.717) is 27.2 Å². The van der Waals surface area contributed by atoms with Crippen LogP contribution >= 0.6 is 34.9 Å². The Morgan fingerprint density at radius 2 is 2.04 bits per heavy atom. The fraction of sp³-hybridized carbons (Fsp3) is 0.235. The lowest BCUT2D eigenvalue weighted by Gasteiger charge is -2.12. The first-order valence-corrected chi connectivity index (χ1v) is 11.1. The molecule has 11 heteroatoms. The smallest absolute Gasteiger partial charge is 0.321 e. The van der Waals surface area contributed by atoms with Crippen LogP contribution in [0.1, 0.15) is 23.0 Å². The molecule has 2 aromatic heterocycles. The summed E-state index contributed by atoms with van der Waals surface area (Å²) in [7, 11) is 0.